The van der Waals surface area contributed by atoms with E-state index in [2.05, 4.69) is 4.98 Å². The third kappa shape index (κ3) is 2.47. The maximum atomic E-state index is 5.68. The Bertz CT molecular complexity index is 494. The average molecular weight is 232 g/mol. The number of nitrogens with zero attached hydrogens (tertiary/aromatic N) is 1. The Morgan fingerprint density at radius 1 is 1.47 bits per heavy atom. The van der Waals surface area contributed by atoms with Crippen LogP contribution in [0.5, 0.6) is 5.75 Å². The van der Waals surface area contributed by atoms with Gasteiger partial charge in [-0.25, -0.2) is 4.98 Å². The average Bonchev–Trinajstić information content (AvgIpc) is 2.87. The third-order valence-electron chi connectivity index (χ3n) is 2.68. The molecular formula is C13H16N2O2. The predicted octanol–water partition coefficient (Wildman–Crippen LogP) is 2.41. The Labute approximate surface area is 100 Å². The normalized spacial score (nSPS) is 12.4. The van der Waals surface area contributed by atoms with Crippen LogP contribution in [0.4, 0.5) is 0 Å². The number of methoxy groups -OCH3 is 1. The van der Waals surface area contributed by atoms with Crippen LogP contribution in [0, 0.1) is 0 Å². The van der Waals surface area contributed by atoms with E-state index in [4.69, 9.17) is 14.9 Å². The summed E-state index contributed by atoms with van der Waals surface area (Å²) < 4.78 is 10.8. The number of benzene rings is 1. The molecule has 0 spiro atoms. The first-order chi connectivity index (χ1) is 8.24. The first-order valence-corrected chi connectivity index (χ1v) is 5.54. The van der Waals surface area contributed by atoms with Crippen molar-refractivity contribution in [1.82, 2.24) is 4.98 Å². The minimum Gasteiger partial charge on any atom is -0.497 e. The van der Waals surface area contributed by atoms with Crippen LogP contribution in [-0.4, -0.2) is 18.6 Å². The van der Waals surface area contributed by atoms with Gasteiger partial charge in [0.2, 0.25) is 5.89 Å². The van der Waals surface area contributed by atoms with Gasteiger partial charge in [-0.1, -0.05) is 13.0 Å². The summed E-state index contributed by atoms with van der Waals surface area (Å²) in [6, 6.07) is 7.62. The molecule has 2 aromatic rings. The number of ether oxygens (including phenoxy) is 1. The minimum absolute atomic E-state index is 0.182. The van der Waals surface area contributed by atoms with Crippen molar-refractivity contribution >= 4 is 0 Å². The summed E-state index contributed by atoms with van der Waals surface area (Å²) in [5.41, 5.74) is 6.49. The molecule has 0 amide bonds. The van der Waals surface area contributed by atoms with E-state index >= 15 is 0 Å². The highest BCUT2D eigenvalue weighted by Gasteiger charge is 2.11. The van der Waals surface area contributed by atoms with Crippen LogP contribution in [0.15, 0.2) is 34.9 Å². The smallest absolute Gasteiger partial charge is 0.226 e. The lowest BCUT2D eigenvalue weighted by Gasteiger charge is -2.03. The summed E-state index contributed by atoms with van der Waals surface area (Å²) in [4.78, 5) is 4.25. The van der Waals surface area contributed by atoms with Gasteiger partial charge in [0, 0.05) is 18.0 Å². The van der Waals surface area contributed by atoms with Crippen LogP contribution in [0.25, 0.3) is 11.5 Å². The maximum Gasteiger partial charge on any atom is 0.226 e. The van der Waals surface area contributed by atoms with E-state index in [1.165, 1.54) is 0 Å². The molecule has 0 bridgehead atoms. The summed E-state index contributed by atoms with van der Waals surface area (Å²) in [5, 5.41) is 0. The summed E-state index contributed by atoms with van der Waals surface area (Å²) in [5.74, 6) is 2.38. The van der Waals surface area contributed by atoms with Crippen molar-refractivity contribution in [2.45, 2.75) is 12.8 Å². The molecule has 1 aromatic carbocycles. The van der Waals surface area contributed by atoms with Crippen molar-refractivity contribution in [2.75, 3.05) is 13.7 Å². The lowest BCUT2D eigenvalue weighted by Crippen LogP contribution is -2.07. The third-order valence-corrected chi connectivity index (χ3v) is 2.68. The molecule has 0 saturated heterocycles. The van der Waals surface area contributed by atoms with Crippen molar-refractivity contribution in [3.05, 3.63) is 36.2 Å². The number of rotatable bonds is 4. The van der Waals surface area contributed by atoms with E-state index in [1.54, 1.807) is 13.3 Å². The molecule has 1 heterocycles. The van der Waals surface area contributed by atoms with E-state index in [0.29, 0.717) is 12.4 Å². The molecule has 0 aliphatic heterocycles. The summed E-state index contributed by atoms with van der Waals surface area (Å²) >= 11 is 0. The van der Waals surface area contributed by atoms with Crippen molar-refractivity contribution < 1.29 is 9.15 Å². The number of hydrogen-bond acceptors (Lipinski definition) is 4. The van der Waals surface area contributed by atoms with Gasteiger partial charge in [-0.05, 0) is 18.2 Å². The first-order valence-electron chi connectivity index (χ1n) is 5.54. The quantitative estimate of drug-likeness (QED) is 0.879. The molecule has 4 heteroatoms. The molecule has 17 heavy (non-hydrogen) atoms. The second-order valence-electron chi connectivity index (χ2n) is 3.94. The molecule has 0 fully saturated rings. The summed E-state index contributed by atoms with van der Waals surface area (Å²) in [6.07, 6.45) is 1.73. The molecule has 2 rings (SSSR count). The Balaban J connectivity index is 2.30. The van der Waals surface area contributed by atoms with Gasteiger partial charge in [-0.15, -0.1) is 0 Å². The molecule has 1 aromatic heterocycles. The Morgan fingerprint density at radius 3 is 3.00 bits per heavy atom. The zero-order valence-corrected chi connectivity index (χ0v) is 10.0. The fourth-order valence-corrected chi connectivity index (χ4v) is 1.52. The van der Waals surface area contributed by atoms with Crippen molar-refractivity contribution in [1.29, 1.82) is 0 Å². The second kappa shape index (κ2) is 5.01. The highest BCUT2D eigenvalue weighted by atomic mass is 16.5. The zero-order valence-electron chi connectivity index (χ0n) is 10.0. The highest BCUT2D eigenvalue weighted by molar-refractivity contribution is 5.55. The number of hydrogen-bond donors (Lipinski definition) is 1. The van der Waals surface area contributed by atoms with Crippen molar-refractivity contribution in [3.8, 4) is 17.2 Å². The Morgan fingerprint density at radius 2 is 2.29 bits per heavy atom. The van der Waals surface area contributed by atoms with Crippen molar-refractivity contribution in [2.24, 2.45) is 5.73 Å². The number of oxazole rings is 1. The topological polar surface area (TPSA) is 61.3 Å². The van der Waals surface area contributed by atoms with Gasteiger partial charge in [0.1, 0.15) is 11.5 Å². The molecule has 0 aliphatic rings. The van der Waals surface area contributed by atoms with Gasteiger partial charge in [-0.2, -0.15) is 0 Å². The lowest BCUT2D eigenvalue weighted by atomic mass is 10.1. The largest absolute Gasteiger partial charge is 0.497 e. The van der Waals surface area contributed by atoms with Crippen LogP contribution in [-0.2, 0) is 0 Å². The van der Waals surface area contributed by atoms with Gasteiger partial charge in [0.25, 0.3) is 0 Å². The molecule has 2 N–H and O–H groups in total. The molecule has 0 aliphatic carbocycles. The molecule has 0 radical (unpaired) electrons. The SMILES string of the molecule is COc1cccc(-c2ncc(C(C)CN)o2)c1. The predicted molar refractivity (Wildman–Crippen MR) is 66.0 cm³/mol. The standard InChI is InChI=1S/C13H16N2O2/c1-9(7-14)12-8-15-13(17-12)10-4-3-5-11(6-10)16-2/h3-6,8-9H,7,14H2,1-2H3. The van der Waals surface area contributed by atoms with E-state index in [9.17, 15) is 0 Å². The van der Waals surface area contributed by atoms with Crippen LogP contribution < -0.4 is 10.5 Å². The fourth-order valence-electron chi connectivity index (χ4n) is 1.52. The summed E-state index contributed by atoms with van der Waals surface area (Å²) in [7, 11) is 1.64. The van der Waals surface area contributed by atoms with E-state index in [1.807, 2.05) is 31.2 Å². The lowest BCUT2D eigenvalue weighted by molar-refractivity contribution is 0.414. The van der Waals surface area contributed by atoms with Crippen LogP contribution in [0.2, 0.25) is 0 Å². The van der Waals surface area contributed by atoms with Crippen LogP contribution in [0.1, 0.15) is 18.6 Å². The highest BCUT2D eigenvalue weighted by Crippen LogP contribution is 2.25. The second-order valence-corrected chi connectivity index (χ2v) is 3.94. The zero-order chi connectivity index (χ0) is 12.3. The monoisotopic (exact) mass is 232 g/mol. The molecule has 4 nitrogen and oxygen atoms in total. The van der Waals surface area contributed by atoms with Crippen molar-refractivity contribution in [3.63, 3.8) is 0 Å². The fraction of sp³-hybridized carbons (Fsp3) is 0.308. The number of aromatic nitrogens is 1. The molecule has 1 unspecified atom stereocenters. The molecule has 1 atom stereocenters. The summed E-state index contributed by atoms with van der Waals surface area (Å²) in [6.45, 7) is 2.56. The Hall–Kier alpha value is -1.81. The van der Waals surface area contributed by atoms with Crippen LogP contribution >= 0.6 is 0 Å². The van der Waals surface area contributed by atoms with Gasteiger partial charge in [-0.3, -0.25) is 0 Å². The van der Waals surface area contributed by atoms with E-state index in [0.717, 1.165) is 17.1 Å². The first kappa shape index (κ1) is 11.7. The van der Waals surface area contributed by atoms with E-state index < -0.39 is 0 Å². The van der Waals surface area contributed by atoms with Gasteiger partial charge < -0.3 is 14.9 Å². The van der Waals surface area contributed by atoms with Gasteiger partial charge in [0.15, 0.2) is 0 Å². The minimum atomic E-state index is 0.182. The van der Waals surface area contributed by atoms with Gasteiger partial charge in [0.05, 0.1) is 13.3 Å². The Kier molecular flexibility index (Phi) is 3.44. The molecule has 90 valence electrons. The maximum absolute atomic E-state index is 5.68. The number of nitrogens with two attached hydrogens (primary N) is 1. The molecule has 0 saturated carbocycles. The van der Waals surface area contributed by atoms with E-state index in [-0.39, 0.29) is 5.92 Å². The molecular weight excluding hydrogens is 216 g/mol. The van der Waals surface area contributed by atoms with Gasteiger partial charge >= 0.3 is 0 Å². The van der Waals surface area contributed by atoms with Crippen LogP contribution in [0.3, 0.4) is 0 Å².